The molecule has 4 heteroatoms. The predicted octanol–water partition coefficient (Wildman–Crippen LogP) is 1.83. The summed E-state index contributed by atoms with van der Waals surface area (Å²) in [4.78, 5) is 24.4. The number of nitrogens with zero attached hydrogens (tertiary/aromatic N) is 1. The van der Waals surface area contributed by atoms with Gasteiger partial charge in [0.05, 0.1) is 6.61 Å². The molecule has 1 rings (SSSR count). The molecular weight excluding hydrogens is 194 g/mol. The van der Waals surface area contributed by atoms with E-state index in [1.54, 1.807) is 4.90 Å². The first kappa shape index (κ1) is 12.0. The highest BCUT2D eigenvalue weighted by Gasteiger charge is 2.27. The van der Waals surface area contributed by atoms with Crippen LogP contribution in [0.3, 0.4) is 0 Å². The van der Waals surface area contributed by atoms with E-state index in [0.29, 0.717) is 26.1 Å². The average molecular weight is 213 g/mol. The number of carbonyl (C=O) groups excluding carboxylic acids is 2. The Balaban J connectivity index is 2.31. The Labute approximate surface area is 90.6 Å². The number of likely N-dealkylation sites (tertiary alicyclic amines) is 1. The second kappa shape index (κ2) is 5.73. The Hall–Kier alpha value is -1.06. The molecule has 86 valence electrons. The molecule has 0 saturated carbocycles. The Morgan fingerprint density at radius 2 is 2.33 bits per heavy atom. The molecule has 0 aliphatic carbocycles. The van der Waals surface area contributed by atoms with Crippen molar-refractivity contribution in [2.75, 3.05) is 19.7 Å². The largest absolute Gasteiger partial charge is 0.449 e. The van der Waals surface area contributed by atoms with Gasteiger partial charge < -0.3 is 9.64 Å². The number of rotatable bonds is 3. The Kier molecular flexibility index (Phi) is 4.59. The fourth-order valence-electron chi connectivity index (χ4n) is 1.58. The number of unbranched alkanes of at least 4 members (excludes halogenated alkanes) is 1. The molecule has 0 aromatic heterocycles. The van der Waals surface area contributed by atoms with Gasteiger partial charge in [0.25, 0.3) is 0 Å². The maximum Gasteiger partial charge on any atom is 0.409 e. The van der Waals surface area contributed by atoms with E-state index in [0.717, 1.165) is 12.8 Å². The molecule has 0 spiro atoms. The standard InChI is InChI=1S/C11H19NO3/c1-3-4-7-15-11(14)12-6-5-10(13)9(2)8-12/h9H,3-8H2,1-2H3. The summed E-state index contributed by atoms with van der Waals surface area (Å²) < 4.78 is 5.08. The highest BCUT2D eigenvalue weighted by Crippen LogP contribution is 2.13. The number of hydrogen-bond donors (Lipinski definition) is 0. The van der Waals surface area contributed by atoms with Gasteiger partial charge in [-0.05, 0) is 6.42 Å². The monoisotopic (exact) mass is 213 g/mol. The summed E-state index contributed by atoms with van der Waals surface area (Å²) in [5.41, 5.74) is 0. The van der Waals surface area contributed by atoms with Crippen molar-refractivity contribution in [1.82, 2.24) is 4.90 Å². The molecule has 0 N–H and O–H groups in total. The molecule has 1 unspecified atom stereocenters. The normalized spacial score (nSPS) is 21.6. The quantitative estimate of drug-likeness (QED) is 0.672. The first-order valence-corrected chi connectivity index (χ1v) is 5.59. The number of piperidine rings is 1. The first-order chi connectivity index (χ1) is 7.15. The van der Waals surface area contributed by atoms with Gasteiger partial charge in [0, 0.05) is 25.4 Å². The fourth-order valence-corrected chi connectivity index (χ4v) is 1.58. The van der Waals surface area contributed by atoms with Crippen LogP contribution in [0.2, 0.25) is 0 Å². The number of amides is 1. The molecule has 0 aromatic carbocycles. The summed E-state index contributed by atoms with van der Waals surface area (Å²) in [6, 6.07) is 0. The lowest BCUT2D eigenvalue weighted by Gasteiger charge is -2.29. The van der Waals surface area contributed by atoms with Gasteiger partial charge in [0.2, 0.25) is 0 Å². The van der Waals surface area contributed by atoms with Crippen LogP contribution in [-0.2, 0) is 9.53 Å². The van der Waals surface area contributed by atoms with Crippen LogP contribution < -0.4 is 0 Å². The highest BCUT2D eigenvalue weighted by atomic mass is 16.6. The summed E-state index contributed by atoms with van der Waals surface area (Å²) in [6.07, 6.45) is 2.10. The van der Waals surface area contributed by atoms with Gasteiger partial charge in [0.15, 0.2) is 0 Å². The van der Waals surface area contributed by atoms with Crippen molar-refractivity contribution in [1.29, 1.82) is 0 Å². The summed E-state index contributed by atoms with van der Waals surface area (Å²) >= 11 is 0. The molecule has 1 aliphatic heterocycles. The van der Waals surface area contributed by atoms with E-state index in [1.165, 1.54) is 0 Å². The Bertz CT molecular complexity index is 240. The fraction of sp³-hybridized carbons (Fsp3) is 0.818. The van der Waals surface area contributed by atoms with E-state index in [2.05, 4.69) is 6.92 Å². The molecule has 1 saturated heterocycles. The van der Waals surface area contributed by atoms with E-state index in [4.69, 9.17) is 4.74 Å². The van der Waals surface area contributed by atoms with E-state index >= 15 is 0 Å². The van der Waals surface area contributed by atoms with Crippen LogP contribution in [0.1, 0.15) is 33.1 Å². The van der Waals surface area contributed by atoms with Crippen molar-refractivity contribution >= 4 is 11.9 Å². The summed E-state index contributed by atoms with van der Waals surface area (Å²) in [7, 11) is 0. The van der Waals surface area contributed by atoms with Gasteiger partial charge in [-0.15, -0.1) is 0 Å². The Morgan fingerprint density at radius 1 is 1.60 bits per heavy atom. The number of ketones is 1. The SMILES string of the molecule is CCCCOC(=O)N1CCC(=O)C(C)C1. The molecular formula is C11H19NO3. The molecule has 1 atom stereocenters. The van der Waals surface area contributed by atoms with E-state index in [-0.39, 0.29) is 17.8 Å². The summed E-state index contributed by atoms with van der Waals surface area (Å²) in [5.74, 6) is 0.199. The number of hydrogen-bond acceptors (Lipinski definition) is 3. The second-order valence-corrected chi connectivity index (χ2v) is 4.03. The van der Waals surface area contributed by atoms with Gasteiger partial charge in [0.1, 0.15) is 5.78 Å². The molecule has 15 heavy (non-hydrogen) atoms. The second-order valence-electron chi connectivity index (χ2n) is 4.03. The smallest absolute Gasteiger partial charge is 0.409 e. The van der Waals surface area contributed by atoms with E-state index < -0.39 is 0 Å². The van der Waals surface area contributed by atoms with Crippen LogP contribution in [0, 0.1) is 5.92 Å². The van der Waals surface area contributed by atoms with Gasteiger partial charge in [-0.2, -0.15) is 0 Å². The van der Waals surface area contributed by atoms with Crippen molar-refractivity contribution in [3.05, 3.63) is 0 Å². The van der Waals surface area contributed by atoms with Crippen molar-refractivity contribution in [3.63, 3.8) is 0 Å². The molecule has 4 nitrogen and oxygen atoms in total. The number of Topliss-reactive ketones (excluding diaryl/α,β-unsaturated/α-hetero) is 1. The number of ether oxygens (including phenoxy) is 1. The van der Waals surface area contributed by atoms with E-state index in [9.17, 15) is 9.59 Å². The lowest BCUT2D eigenvalue weighted by molar-refractivity contribution is -0.125. The molecule has 1 heterocycles. The van der Waals surface area contributed by atoms with Gasteiger partial charge >= 0.3 is 6.09 Å². The zero-order valence-electron chi connectivity index (χ0n) is 9.49. The summed E-state index contributed by atoms with van der Waals surface area (Å²) in [6.45, 7) is 5.40. The molecule has 1 fully saturated rings. The van der Waals surface area contributed by atoms with Gasteiger partial charge in [-0.3, -0.25) is 4.79 Å². The zero-order valence-corrected chi connectivity index (χ0v) is 9.49. The minimum absolute atomic E-state index is 0.0440. The van der Waals surface area contributed by atoms with Crippen LogP contribution in [0.5, 0.6) is 0 Å². The molecule has 1 amide bonds. The third kappa shape index (κ3) is 3.53. The highest BCUT2D eigenvalue weighted by molar-refractivity contribution is 5.83. The number of carbonyl (C=O) groups is 2. The minimum Gasteiger partial charge on any atom is -0.449 e. The van der Waals surface area contributed by atoms with Crippen molar-refractivity contribution in [3.8, 4) is 0 Å². The van der Waals surface area contributed by atoms with Gasteiger partial charge in [-0.25, -0.2) is 4.79 Å². The van der Waals surface area contributed by atoms with E-state index in [1.807, 2.05) is 6.92 Å². The predicted molar refractivity (Wildman–Crippen MR) is 56.6 cm³/mol. The molecule has 0 radical (unpaired) electrons. The molecule has 0 bridgehead atoms. The minimum atomic E-state index is -0.275. The van der Waals surface area contributed by atoms with Crippen LogP contribution in [0.15, 0.2) is 0 Å². The average Bonchev–Trinajstić information content (AvgIpc) is 2.22. The third-order valence-corrected chi connectivity index (χ3v) is 2.65. The first-order valence-electron chi connectivity index (χ1n) is 5.59. The van der Waals surface area contributed by atoms with Gasteiger partial charge in [-0.1, -0.05) is 20.3 Å². The van der Waals surface area contributed by atoms with Crippen LogP contribution in [0.4, 0.5) is 4.79 Å². The van der Waals surface area contributed by atoms with Crippen LogP contribution in [-0.4, -0.2) is 36.5 Å². The molecule has 0 aromatic rings. The van der Waals surface area contributed by atoms with Crippen LogP contribution >= 0.6 is 0 Å². The maximum atomic E-state index is 11.5. The topological polar surface area (TPSA) is 46.6 Å². The maximum absolute atomic E-state index is 11.5. The Morgan fingerprint density at radius 3 is 2.93 bits per heavy atom. The molecule has 1 aliphatic rings. The van der Waals surface area contributed by atoms with Crippen LogP contribution in [0.25, 0.3) is 0 Å². The zero-order chi connectivity index (χ0) is 11.3. The van der Waals surface area contributed by atoms with Crippen molar-refractivity contribution in [2.45, 2.75) is 33.1 Å². The lowest BCUT2D eigenvalue weighted by Crippen LogP contribution is -2.43. The third-order valence-electron chi connectivity index (χ3n) is 2.65. The van der Waals surface area contributed by atoms with Crippen molar-refractivity contribution < 1.29 is 14.3 Å². The van der Waals surface area contributed by atoms with Crippen molar-refractivity contribution in [2.24, 2.45) is 5.92 Å². The lowest BCUT2D eigenvalue weighted by atomic mass is 9.99. The summed E-state index contributed by atoms with van der Waals surface area (Å²) in [5, 5.41) is 0.